The molecule has 0 atom stereocenters. The molecule has 0 aromatic heterocycles. The van der Waals surface area contributed by atoms with Gasteiger partial charge < -0.3 is 24.3 Å². The first-order chi connectivity index (χ1) is 13.8. The van der Waals surface area contributed by atoms with Gasteiger partial charge in [0.25, 0.3) is 0 Å². The van der Waals surface area contributed by atoms with E-state index in [-0.39, 0.29) is 5.69 Å². The number of hydrogen-bond donors (Lipinski definition) is 1. The SMILES string of the molecule is COC(=O)c1cc(NC(=O)/C=C/c2cc(OC)c(OC)c(OC)c2)c(F)cc1F. The Kier molecular flexibility index (Phi) is 7.13. The molecular formula is C20H19F2NO6. The molecule has 0 saturated carbocycles. The Hall–Kier alpha value is -3.62. The van der Waals surface area contributed by atoms with E-state index >= 15 is 0 Å². The van der Waals surface area contributed by atoms with Crippen molar-refractivity contribution >= 4 is 23.6 Å². The predicted octanol–water partition coefficient (Wildman–Crippen LogP) is 3.43. The molecule has 0 bridgehead atoms. The van der Waals surface area contributed by atoms with Crippen molar-refractivity contribution in [2.75, 3.05) is 33.8 Å². The van der Waals surface area contributed by atoms with Crippen LogP contribution in [0.5, 0.6) is 17.2 Å². The molecule has 0 aliphatic rings. The molecule has 0 fully saturated rings. The monoisotopic (exact) mass is 407 g/mol. The molecule has 0 saturated heterocycles. The number of amides is 1. The summed E-state index contributed by atoms with van der Waals surface area (Å²) in [4.78, 5) is 23.7. The van der Waals surface area contributed by atoms with E-state index in [1.807, 2.05) is 0 Å². The van der Waals surface area contributed by atoms with Gasteiger partial charge in [-0.15, -0.1) is 0 Å². The topological polar surface area (TPSA) is 83.1 Å². The van der Waals surface area contributed by atoms with E-state index in [4.69, 9.17) is 14.2 Å². The molecule has 0 heterocycles. The summed E-state index contributed by atoms with van der Waals surface area (Å²) >= 11 is 0. The van der Waals surface area contributed by atoms with Crippen molar-refractivity contribution in [1.29, 1.82) is 0 Å². The molecular weight excluding hydrogens is 388 g/mol. The molecule has 0 radical (unpaired) electrons. The third kappa shape index (κ3) is 5.01. The summed E-state index contributed by atoms with van der Waals surface area (Å²) in [5.41, 5.74) is -0.325. The zero-order chi connectivity index (χ0) is 21.6. The molecule has 0 spiro atoms. The number of benzene rings is 2. The molecule has 1 amide bonds. The quantitative estimate of drug-likeness (QED) is 0.559. The molecule has 0 aliphatic carbocycles. The van der Waals surface area contributed by atoms with Crippen LogP contribution in [0.4, 0.5) is 14.5 Å². The van der Waals surface area contributed by atoms with E-state index < -0.39 is 29.1 Å². The second-order valence-corrected chi connectivity index (χ2v) is 5.58. The van der Waals surface area contributed by atoms with Crippen LogP contribution in [0.15, 0.2) is 30.3 Å². The van der Waals surface area contributed by atoms with Crippen LogP contribution < -0.4 is 19.5 Å². The number of halogens is 2. The van der Waals surface area contributed by atoms with Crippen LogP contribution in [0.1, 0.15) is 15.9 Å². The summed E-state index contributed by atoms with van der Waals surface area (Å²) in [6.45, 7) is 0. The molecule has 2 aromatic rings. The van der Waals surface area contributed by atoms with Crippen LogP contribution in [0.2, 0.25) is 0 Å². The summed E-state index contributed by atoms with van der Waals surface area (Å²) in [6, 6.07) is 4.57. The Balaban J connectivity index is 2.25. The minimum absolute atomic E-state index is 0.369. The maximum atomic E-state index is 13.9. The lowest BCUT2D eigenvalue weighted by atomic mass is 10.1. The first-order valence-corrected chi connectivity index (χ1v) is 8.21. The van der Waals surface area contributed by atoms with Crippen LogP contribution >= 0.6 is 0 Å². The highest BCUT2D eigenvalue weighted by atomic mass is 19.1. The van der Waals surface area contributed by atoms with Crippen LogP contribution in [0.3, 0.4) is 0 Å². The number of hydrogen-bond acceptors (Lipinski definition) is 6. The molecule has 9 heteroatoms. The number of anilines is 1. The standard InChI is InChI=1S/C20H19F2NO6/c1-26-16-7-11(8-17(27-2)19(16)28-3)5-6-18(24)23-15-9-12(20(25)29-4)13(21)10-14(15)22/h5-10H,1-4H3,(H,23,24)/b6-5+. The maximum absolute atomic E-state index is 13.9. The molecule has 1 N–H and O–H groups in total. The fraction of sp³-hybridized carbons (Fsp3) is 0.200. The van der Waals surface area contributed by atoms with E-state index in [0.29, 0.717) is 28.9 Å². The minimum atomic E-state index is -1.10. The molecule has 2 aromatic carbocycles. The Morgan fingerprint density at radius 2 is 1.52 bits per heavy atom. The number of carbonyl (C=O) groups is 2. The van der Waals surface area contributed by atoms with Gasteiger partial charge in [0.05, 0.1) is 39.7 Å². The highest BCUT2D eigenvalue weighted by Crippen LogP contribution is 2.38. The van der Waals surface area contributed by atoms with Gasteiger partial charge in [-0.1, -0.05) is 0 Å². The molecule has 2 rings (SSSR count). The molecule has 0 aliphatic heterocycles. The Labute approximate surface area is 165 Å². The number of rotatable bonds is 7. The first kappa shape index (κ1) is 21.7. The number of esters is 1. The van der Waals surface area contributed by atoms with Gasteiger partial charge in [0.15, 0.2) is 11.5 Å². The minimum Gasteiger partial charge on any atom is -0.493 e. The Morgan fingerprint density at radius 1 is 0.897 bits per heavy atom. The lowest BCUT2D eigenvalue weighted by Gasteiger charge is -2.12. The maximum Gasteiger partial charge on any atom is 0.340 e. The van der Waals surface area contributed by atoms with E-state index in [1.165, 1.54) is 27.4 Å². The summed E-state index contributed by atoms with van der Waals surface area (Å²) < 4.78 is 47.7. The number of carbonyl (C=O) groups excluding carboxylic acids is 2. The summed E-state index contributed by atoms with van der Waals surface area (Å²) in [5, 5.41) is 2.24. The van der Waals surface area contributed by atoms with Gasteiger partial charge in [0.2, 0.25) is 11.7 Å². The second-order valence-electron chi connectivity index (χ2n) is 5.58. The van der Waals surface area contributed by atoms with Crippen molar-refractivity contribution in [2.24, 2.45) is 0 Å². The Morgan fingerprint density at radius 3 is 2.03 bits per heavy atom. The van der Waals surface area contributed by atoms with Gasteiger partial charge in [-0.25, -0.2) is 13.6 Å². The van der Waals surface area contributed by atoms with Crippen LogP contribution in [-0.2, 0) is 9.53 Å². The second kappa shape index (κ2) is 9.54. The van der Waals surface area contributed by atoms with E-state index in [0.717, 1.165) is 19.3 Å². The number of methoxy groups -OCH3 is 4. The normalized spacial score (nSPS) is 10.6. The van der Waals surface area contributed by atoms with E-state index in [9.17, 15) is 18.4 Å². The highest BCUT2D eigenvalue weighted by Gasteiger charge is 2.17. The summed E-state index contributed by atoms with van der Waals surface area (Å²) in [5.74, 6) is -2.67. The van der Waals surface area contributed by atoms with Crippen LogP contribution in [0, 0.1) is 11.6 Å². The molecule has 0 unspecified atom stereocenters. The number of nitrogens with one attached hydrogen (secondary N) is 1. The van der Waals surface area contributed by atoms with Crippen LogP contribution in [0.25, 0.3) is 6.08 Å². The van der Waals surface area contributed by atoms with Gasteiger partial charge in [-0.2, -0.15) is 0 Å². The highest BCUT2D eigenvalue weighted by molar-refractivity contribution is 6.03. The van der Waals surface area contributed by atoms with E-state index in [1.54, 1.807) is 12.1 Å². The first-order valence-electron chi connectivity index (χ1n) is 8.21. The van der Waals surface area contributed by atoms with Crippen molar-refractivity contribution in [1.82, 2.24) is 0 Å². The average molecular weight is 407 g/mol. The van der Waals surface area contributed by atoms with Gasteiger partial charge >= 0.3 is 5.97 Å². The average Bonchev–Trinajstić information content (AvgIpc) is 2.72. The molecule has 7 nitrogen and oxygen atoms in total. The van der Waals surface area contributed by atoms with Crippen molar-refractivity contribution in [3.8, 4) is 17.2 Å². The lowest BCUT2D eigenvalue weighted by Crippen LogP contribution is -2.12. The summed E-state index contributed by atoms with van der Waals surface area (Å²) in [6.07, 6.45) is 2.56. The van der Waals surface area contributed by atoms with Crippen molar-refractivity contribution in [3.63, 3.8) is 0 Å². The largest absolute Gasteiger partial charge is 0.493 e. The van der Waals surface area contributed by atoms with Gasteiger partial charge in [-0.3, -0.25) is 4.79 Å². The number of ether oxygens (including phenoxy) is 4. The fourth-order valence-electron chi connectivity index (χ4n) is 2.46. The zero-order valence-corrected chi connectivity index (χ0v) is 16.2. The van der Waals surface area contributed by atoms with Gasteiger partial charge in [-0.05, 0) is 29.8 Å². The van der Waals surface area contributed by atoms with Crippen LogP contribution in [-0.4, -0.2) is 40.3 Å². The lowest BCUT2D eigenvalue weighted by molar-refractivity contribution is -0.111. The smallest absolute Gasteiger partial charge is 0.340 e. The van der Waals surface area contributed by atoms with Gasteiger partial charge in [0, 0.05) is 12.1 Å². The fourth-order valence-corrected chi connectivity index (χ4v) is 2.46. The van der Waals surface area contributed by atoms with Crippen molar-refractivity contribution in [3.05, 3.63) is 53.1 Å². The van der Waals surface area contributed by atoms with E-state index in [2.05, 4.69) is 10.1 Å². The predicted molar refractivity (Wildman–Crippen MR) is 101 cm³/mol. The zero-order valence-electron chi connectivity index (χ0n) is 16.2. The third-order valence-corrected chi connectivity index (χ3v) is 3.83. The summed E-state index contributed by atoms with van der Waals surface area (Å²) in [7, 11) is 5.42. The van der Waals surface area contributed by atoms with Crippen molar-refractivity contribution in [2.45, 2.75) is 0 Å². The molecule has 154 valence electrons. The van der Waals surface area contributed by atoms with Crippen molar-refractivity contribution < 1.29 is 37.3 Å². The molecule has 29 heavy (non-hydrogen) atoms. The third-order valence-electron chi connectivity index (χ3n) is 3.83. The van der Waals surface area contributed by atoms with Gasteiger partial charge in [0.1, 0.15) is 11.6 Å². The Bertz CT molecular complexity index is 933.